The molecule has 11 rings (SSSR count). The van der Waals surface area contributed by atoms with Gasteiger partial charge < -0.3 is 0 Å². The molecule has 0 radical (unpaired) electrons. The predicted molar refractivity (Wildman–Crippen MR) is 245 cm³/mol. The normalized spacial score (nSPS) is 12.6. The highest BCUT2D eigenvalue weighted by Gasteiger charge is 2.35. The van der Waals surface area contributed by atoms with Gasteiger partial charge in [0.05, 0.1) is 11.0 Å². The smallest absolute Gasteiger partial charge is 0.164 e. The van der Waals surface area contributed by atoms with Crippen LogP contribution >= 0.6 is 0 Å². The second kappa shape index (κ2) is 14.3. The minimum atomic E-state index is -0.0575. The number of hydrogen-bond donors (Lipinski definition) is 0. The van der Waals surface area contributed by atoms with E-state index in [1.165, 1.54) is 27.8 Å². The SMILES string of the molecule is CC1(C)c2ccccc2-c2ccc(-c3ccc(-c4nc(-c5ccccc5)nc(-c5cccc(-c6cccc(-c7nc8ccccc8n7-c7ccccc7)c6)c5)n4)cc3)cc21. The molecule has 8 aromatic carbocycles. The van der Waals surface area contributed by atoms with E-state index in [0.29, 0.717) is 17.5 Å². The first kappa shape index (κ1) is 35.4. The van der Waals surface area contributed by atoms with Crippen molar-refractivity contribution in [2.24, 2.45) is 0 Å². The standard InChI is InChI=1S/C55H39N5/c1-55(2)47-24-10-9-23-45(47)46-32-31-41(35-48(46)55)36-27-29-38(30-28-36)52-57-51(37-15-5-3-6-16-37)58-53(59-52)42-19-13-17-39(33-42)40-18-14-20-43(34-40)54-56-49-25-11-12-26-50(49)60(54)44-21-7-4-8-22-44/h3-35H,1-2H3. The summed E-state index contributed by atoms with van der Waals surface area (Å²) >= 11 is 0. The van der Waals surface area contributed by atoms with E-state index in [4.69, 9.17) is 19.9 Å². The Kier molecular flexibility index (Phi) is 8.41. The first-order valence-corrected chi connectivity index (χ1v) is 20.4. The molecular weight excluding hydrogens is 731 g/mol. The average molecular weight is 770 g/mol. The quantitative estimate of drug-likeness (QED) is 0.162. The van der Waals surface area contributed by atoms with E-state index in [9.17, 15) is 0 Å². The van der Waals surface area contributed by atoms with Crippen LogP contribution in [0.5, 0.6) is 0 Å². The zero-order chi connectivity index (χ0) is 40.2. The Balaban J connectivity index is 0.957. The lowest BCUT2D eigenvalue weighted by molar-refractivity contribution is 0.660. The minimum Gasteiger partial charge on any atom is -0.292 e. The average Bonchev–Trinajstić information content (AvgIpc) is 3.82. The van der Waals surface area contributed by atoms with Gasteiger partial charge in [-0.15, -0.1) is 0 Å². The van der Waals surface area contributed by atoms with E-state index >= 15 is 0 Å². The van der Waals surface area contributed by atoms with Gasteiger partial charge >= 0.3 is 0 Å². The Hall–Kier alpha value is -7.76. The molecule has 0 atom stereocenters. The third kappa shape index (κ3) is 6.11. The highest BCUT2D eigenvalue weighted by molar-refractivity contribution is 5.86. The molecule has 0 N–H and O–H groups in total. The fourth-order valence-corrected chi connectivity index (χ4v) is 8.78. The molecule has 0 unspecified atom stereocenters. The van der Waals surface area contributed by atoms with Crippen LogP contribution in [0, 0.1) is 0 Å². The molecule has 0 saturated heterocycles. The maximum Gasteiger partial charge on any atom is 0.164 e. The van der Waals surface area contributed by atoms with Gasteiger partial charge in [-0.05, 0) is 87.0 Å². The molecule has 2 heterocycles. The van der Waals surface area contributed by atoms with Gasteiger partial charge in [0.25, 0.3) is 0 Å². The number of nitrogens with zero attached hydrogens (tertiary/aromatic N) is 5. The molecule has 1 aliphatic carbocycles. The van der Waals surface area contributed by atoms with Crippen LogP contribution in [0.3, 0.4) is 0 Å². The second-order valence-electron chi connectivity index (χ2n) is 15.9. The summed E-state index contributed by atoms with van der Waals surface area (Å²) < 4.78 is 2.24. The lowest BCUT2D eigenvalue weighted by Crippen LogP contribution is -2.14. The van der Waals surface area contributed by atoms with Gasteiger partial charge in [0.15, 0.2) is 17.5 Å². The molecule has 5 heteroatoms. The zero-order valence-electron chi connectivity index (χ0n) is 33.3. The van der Waals surface area contributed by atoms with Gasteiger partial charge in [0.2, 0.25) is 0 Å². The van der Waals surface area contributed by atoms with Crippen molar-refractivity contribution in [3.63, 3.8) is 0 Å². The molecule has 60 heavy (non-hydrogen) atoms. The molecule has 0 spiro atoms. The van der Waals surface area contributed by atoms with Crippen LogP contribution in [-0.4, -0.2) is 24.5 Å². The Labute approximate surface area is 349 Å². The summed E-state index contributed by atoms with van der Waals surface area (Å²) in [6, 6.07) is 70.2. The Morgan fingerprint density at radius 1 is 0.350 bits per heavy atom. The van der Waals surface area contributed by atoms with Gasteiger partial charge in [-0.2, -0.15) is 0 Å². The lowest BCUT2D eigenvalue weighted by Gasteiger charge is -2.22. The summed E-state index contributed by atoms with van der Waals surface area (Å²) in [4.78, 5) is 20.3. The van der Waals surface area contributed by atoms with Gasteiger partial charge in [0.1, 0.15) is 5.82 Å². The van der Waals surface area contributed by atoms with Crippen molar-refractivity contribution in [1.29, 1.82) is 0 Å². The van der Waals surface area contributed by atoms with Crippen molar-refractivity contribution < 1.29 is 0 Å². The molecule has 0 amide bonds. The first-order valence-electron chi connectivity index (χ1n) is 20.4. The van der Waals surface area contributed by atoms with E-state index < -0.39 is 0 Å². The molecular formula is C55H39N5. The molecule has 0 fully saturated rings. The molecule has 0 aliphatic heterocycles. The molecule has 2 aromatic heterocycles. The highest BCUT2D eigenvalue weighted by Crippen LogP contribution is 2.49. The van der Waals surface area contributed by atoms with Crippen LogP contribution in [0.25, 0.3) is 95.7 Å². The van der Waals surface area contributed by atoms with Gasteiger partial charge in [-0.1, -0.05) is 172 Å². The topological polar surface area (TPSA) is 56.5 Å². The number of rotatable bonds is 7. The number of aromatic nitrogens is 5. The van der Waals surface area contributed by atoms with Crippen molar-refractivity contribution in [3.05, 3.63) is 211 Å². The summed E-state index contributed by atoms with van der Waals surface area (Å²) in [7, 11) is 0. The summed E-state index contributed by atoms with van der Waals surface area (Å²) in [6.45, 7) is 4.65. The molecule has 1 aliphatic rings. The maximum absolute atomic E-state index is 5.12. The summed E-state index contributed by atoms with van der Waals surface area (Å²) in [6.07, 6.45) is 0. The van der Waals surface area contributed by atoms with Crippen molar-refractivity contribution in [2.75, 3.05) is 0 Å². The molecule has 0 bridgehead atoms. The molecule has 284 valence electrons. The number of para-hydroxylation sites is 3. The number of imidazole rings is 1. The third-order valence-electron chi connectivity index (χ3n) is 11.9. The first-order chi connectivity index (χ1) is 29.5. The Morgan fingerprint density at radius 3 is 1.60 bits per heavy atom. The molecule has 10 aromatic rings. The van der Waals surface area contributed by atoms with E-state index in [-0.39, 0.29) is 5.41 Å². The maximum atomic E-state index is 5.12. The fraction of sp³-hybridized carbons (Fsp3) is 0.0545. The predicted octanol–water partition coefficient (Wildman–Crippen LogP) is 13.5. The van der Waals surface area contributed by atoms with E-state index in [1.807, 2.05) is 42.5 Å². The Bertz CT molecular complexity index is 3220. The van der Waals surface area contributed by atoms with Crippen LogP contribution in [0.15, 0.2) is 200 Å². The van der Waals surface area contributed by atoms with Crippen LogP contribution in [0.2, 0.25) is 0 Å². The van der Waals surface area contributed by atoms with E-state index in [2.05, 4.69) is 176 Å². The Morgan fingerprint density at radius 2 is 0.850 bits per heavy atom. The largest absolute Gasteiger partial charge is 0.292 e. The number of benzene rings is 8. The molecule has 5 nitrogen and oxygen atoms in total. The van der Waals surface area contributed by atoms with Crippen LogP contribution < -0.4 is 0 Å². The fourth-order valence-electron chi connectivity index (χ4n) is 8.78. The lowest BCUT2D eigenvalue weighted by atomic mass is 9.81. The van der Waals surface area contributed by atoms with Gasteiger partial charge in [-0.3, -0.25) is 4.57 Å². The number of fused-ring (bicyclic) bond motifs is 4. The van der Waals surface area contributed by atoms with Crippen LogP contribution in [0.1, 0.15) is 25.0 Å². The zero-order valence-corrected chi connectivity index (χ0v) is 33.3. The minimum absolute atomic E-state index is 0.0575. The third-order valence-corrected chi connectivity index (χ3v) is 11.9. The van der Waals surface area contributed by atoms with Crippen molar-refractivity contribution >= 4 is 11.0 Å². The summed E-state index contributed by atoms with van der Waals surface area (Å²) in [5.41, 5.74) is 16.7. The van der Waals surface area contributed by atoms with Crippen LogP contribution in [-0.2, 0) is 5.41 Å². The summed E-state index contributed by atoms with van der Waals surface area (Å²) in [5.74, 6) is 2.77. The van der Waals surface area contributed by atoms with Crippen LogP contribution in [0.4, 0.5) is 0 Å². The highest BCUT2D eigenvalue weighted by atomic mass is 15.1. The number of hydrogen-bond acceptors (Lipinski definition) is 4. The van der Waals surface area contributed by atoms with Crippen molar-refractivity contribution in [3.8, 4) is 84.6 Å². The summed E-state index contributed by atoms with van der Waals surface area (Å²) in [5, 5.41) is 0. The van der Waals surface area contributed by atoms with Gasteiger partial charge in [-0.25, -0.2) is 19.9 Å². The van der Waals surface area contributed by atoms with E-state index in [0.717, 1.165) is 61.5 Å². The molecule has 0 saturated carbocycles. The second-order valence-corrected chi connectivity index (χ2v) is 15.9. The monoisotopic (exact) mass is 769 g/mol. The van der Waals surface area contributed by atoms with Gasteiger partial charge in [0, 0.05) is 33.4 Å². The van der Waals surface area contributed by atoms with Crippen molar-refractivity contribution in [1.82, 2.24) is 24.5 Å². The van der Waals surface area contributed by atoms with E-state index in [1.54, 1.807) is 0 Å². The van der Waals surface area contributed by atoms with Crippen molar-refractivity contribution in [2.45, 2.75) is 19.3 Å².